The molecule has 0 bridgehead atoms. The first-order chi connectivity index (χ1) is 13.0. The number of nitrogens with two attached hydrogens (primary N) is 1. The van der Waals surface area contributed by atoms with E-state index in [0.717, 1.165) is 32.4 Å². The van der Waals surface area contributed by atoms with E-state index in [-0.39, 0.29) is 17.9 Å². The van der Waals surface area contributed by atoms with Crippen molar-refractivity contribution in [2.45, 2.75) is 39.7 Å². The van der Waals surface area contributed by atoms with Crippen LogP contribution >= 0.6 is 11.3 Å². The van der Waals surface area contributed by atoms with Crippen molar-refractivity contribution in [2.75, 3.05) is 7.11 Å². The highest BCUT2D eigenvalue weighted by Gasteiger charge is 2.19. The van der Waals surface area contributed by atoms with Gasteiger partial charge in [0.2, 0.25) is 5.91 Å². The van der Waals surface area contributed by atoms with E-state index in [4.69, 9.17) is 15.5 Å². The lowest BCUT2D eigenvalue weighted by Crippen LogP contribution is -2.25. The number of benzene rings is 1. The Labute approximate surface area is 161 Å². The normalized spacial score (nSPS) is 11.1. The zero-order chi connectivity index (χ0) is 19.6. The van der Waals surface area contributed by atoms with Crippen molar-refractivity contribution in [1.82, 2.24) is 9.55 Å². The van der Waals surface area contributed by atoms with Crippen LogP contribution in [0.25, 0.3) is 21.3 Å². The van der Waals surface area contributed by atoms with E-state index in [0.29, 0.717) is 24.8 Å². The average molecular weight is 385 g/mol. The number of aryl methyl sites for hydroxylation is 2. The summed E-state index contributed by atoms with van der Waals surface area (Å²) in [6.07, 6.45) is 1.42. The highest BCUT2D eigenvalue weighted by atomic mass is 32.1. The Balaban J connectivity index is 2.19. The number of carbonyl (C=O) groups excluding carboxylic acids is 1. The second-order valence-electron chi connectivity index (χ2n) is 6.35. The van der Waals surface area contributed by atoms with Gasteiger partial charge < -0.3 is 10.5 Å². The van der Waals surface area contributed by atoms with E-state index in [9.17, 15) is 9.59 Å². The van der Waals surface area contributed by atoms with Crippen molar-refractivity contribution in [2.24, 2.45) is 5.73 Å². The number of amides is 1. The molecule has 0 aliphatic rings. The summed E-state index contributed by atoms with van der Waals surface area (Å²) in [7, 11) is 1.62. The molecule has 0 spiro atoms. The molecule has 142 valence electrons. The van der Waals surface area contributed by atoms with Crippen LogP contribution in [0.5, 0.6) is 5.75 Å². The Hall–Kier alpha value is -2.67. The number of methoxy groups -OCH3 is 1. The molecule has 2 N–H and O–H groups in total. The van der Waals surface area contributed by atoms with Gasteiger partial charge >= 0.3 is 0 Å². The maximum absolute atomic E-state index is 13.3. The van der Waals surface area contributed by atoms with Crippen LogP contribution < -0.4 is 16.0 Å². The maximum atomic E-state index is 13.3. The first-order valence-corrected chi connectivity index (χ1v) is 9.73. The zero-order valence-corrected chi connectivity index (χ0v) is 16.6. The van der Waals surface area contributed by atoms with Gasteiger partial charge in [0.25, 0.3) is 5.56 Å². The molecule has 0 radical (unpaired) electrons. The van der Waals surface area contributed by atoms with Gasteiger partial charge in [0, 0.05) is 29.8 Å². The topological polar surface area (TPSA) is 87.2 Å². The summed E-state index contributed by atoms with van der Waals surface area (Å²) in [4.78, 5) is 30.9. The number of hydrogen-bond acceptors (Lipinski definition) is 5. The summed E-state index contributed by atoms with van der Waals surface area (Å²) in [6.45, 7) is 4.41. The lowest BCUT2D eigenvalue weighted by molar-refractivity contribution is -0.118. The van der Waals surface area contributed by atoms with Gasteiger partial charge in [0.1, 0.15) is 16.4 Å². The molecule has 0 saturated heterocycles. The molecule has 1 amide bonds. The van der Waals surface area contributed by atoms with Crippen molar-refractivity contribution in [3.05, 3.63) is 45.3 Å². The lowest BCUT2D eigenvalue weighted by atomic mass is 10.0. The summed E-state index contributed by atoms with van der Waals surface area (Å²) < 4.78 is 7.01. The van der Waals surface area contributed by atoms with E-state index in [1.54, 1.807) is 11.7 Å². The SMILES string of the molecule is CCc1nc2sc(C)c(-c3cccc(OC)c3)c2c(=O)n1CCCC(N)=O. The fourth-order valence-corrected chi connectivity index (χ4v) is 4.33. The van der Waals surface area contributed by atoms with Crippen molar-refractivity contribution in [3.63, 3.8) is 0 Å². The van der Waals surface area contributed by atoms with E-state index in [1.807, 2.05) is 38.1 Å². The minimum atomic E-state index is -0.362. The first-order valence-electron chi connectivity index (χ1n) is 8.91. The Morgan fingerprint density at radius 1 is 1.37 bits per heavy atom. The minimum absolute atomic E-state index is 0.0662. The van der Waals surface area contributed by atoms with Gasteiger partial charge in [-0.15, -0.1) is 11.3 Å². The predicted octanol–water partition coefficient (Wildman–Crippen LogP) is 3.27. The standard InChI is InChI=1S/C20H23N3O3S/c1-4-16-22-19-18(20(25)23(16)10-6-9-15(21)24)17(12(2)27-19)13-7-5-8-14(11-13)26-3/h5,7-8,11H,4,6,9-10H2,1-3H3,(H2,21,24). The van der Waals surface area contributed by atoms with Crippen LogP contribution in [-0.4, -0.2) is 22.6 Å². The van der Waals surface area contributed by atoms with Crippen LogP contribution in [-0.2, 0) is 17.8 Å². The van der Waals surface area contributed by atoms with Crippen LogP contribution in [0.15, 0.2) is 29.1 Å². The largest absolute Gasteiger partial charge is 0.497 e. The molecule has 0 aliphatic heterocycles. The molecule has 0 fully saturated rings. The lowest BCUT2D eigenvalue weighted by Gasteiger charge is -2.11. The number of fused-ring (bicyclic) bond motifs is 1. The Kier molecular flexibility index (Phi) is 5.60. The Morgan fingerprint density at radius 2 is 2.15 bits per heavy atom. The van der Waals surface area contributed by atoms with E-state index < -0.39 is 0 Å². The molecule has 1 aromatic carbocycles. The summed E-state index contributed by atoms with van der Waals surface area (Å²) >= 11 is 1.53. The van der Waals surface area contributed by atoms with Gasteiger partial charge in [-0.1, -0.05) is 19.1 Å². The van der Waals surface area contributed by atoms with Crippen molar-refractivity contribution in [1.29, 1.82) is 0 Å². The Morgan fingerprint density at radius 3 is 2.81 bits per heavy atom. The number of aromatic nitrogens is 2. The number of thiophene rings is 1. The molecular weight excluding hydrogens is 362 g/mol. The number of carbonyl (C=O) groups is 1. The van der Waals surface area contributed by atoms with Gasteiger partial charge in [-0.2, -0.15) is 0 Å². The molecule has 0 unspecified atom stereocenters. The van der Waals surface area contributed by atoms with E-state index in [2.05, 4.69) is 0 Å². The molecular formula is C20H23N3O3S. The quantitative estimate of drug-likeness (QED) is 0.676. The van der Waals surface area contributed by atoms with Gasteiger partial charge in [-0.25, -0.2) is 4.98 Å². The van der Waals surface area contributed by atoms with E-state index in [1.165, 1.54) is 11.3 Å². The van der Waals surface area contributed by atoms with Gasteiger partial charge in [-0.05, 0) is 31.0 Å². The first kappa shape index (κ1) is 19.1. The van der Waals surface area contributed by atoms with Crippen molar-refractivity contribution < 1.29 is 9.53 Å². The zero-order valence-electron chi connectivity index (χ0n) is 15.7. The summed E-state index contributed by atoms with van der Waals surface area (Å²) in [5.41, 5.74) is 7.00. The fraction of sp³-hybridized carbons (Fsp3) is 0.350. The second-order valence-corrected chi connectivity index (χ2v) is 7.56. The molecule has 3 rings (SSSR count). The molecule has 2 aromatic heterocycles. The summed E-state index contributed by atoms with van der Waals surface area (Å²) in [6, 6.07) is 7.69. The molecule has 2 heterocycles. The van der Waals surface area contributed by atoms with Crippen LogP contribution in [0.2, 0.25) is 0 Å². The minimum Gasteiger partial charge on any atom is -0.497 e. The highest BCUT2D eigenvalue weighted by molar-refractivity contribution is 7.19. The number of primary amides is 1. The average Bonchev–Trinajstić information content (AvgIpc) is 2.99. The molecule has 0 saturated carbocycles. The number of hydrogen-bond donors (Lipinski definition) is 1. The highest BCUT2D eigenvalue weighted by Crippen LogP contribution is 2.37. The van der Waals surface area contributed by atoms with Gasteiger partial charge in [0.15, 0.2) is 0 Å². The third-order valence-electron chi connectivity index (χ3n) is 4.55. The second kappa shape index (κ2) is 7.92. The molecule has 0 aliphatic carbocycles. The van der Waals surface area contributed by atoms with Gasteiger partial charge in [-0.3, -0.25) is 14.2 Å². The smallest absolute Gasteiger partial charge is 0.262 e. The third kappa shape index (κ3) is 3.73. The summed E-state index contributed by atoms with van der Waals surface area (Å²) in [5, 5.41) is 0.627. The van der Waals surface area contributed by atoms with Crippen LogP contribution in [0, 0.1) is 6.92 Å². The van der Waals surface area contributed by atoms with Crippen LogP contribution in [0.4, 0.5) is 0 Å². The molecule has 6 nitrogen and oxygen atoms in total. The van der Waals surface area contributed by atoms with Gasteiger partial charge in [0.05, 0.1) is 12.5 Å². The monoisotopic (exact) mass is 385 g/mol. The fourth-order valence-electron chi connectivity index (χ4n) is 3.28. The summed E-state index contributed by atoms with van der Waals surface area (Å²) in [5.74, 6) is 1.11. The number of rotatable bonds is 7. The number of nitrogens with zero attached hydrogens (tertiary/aromatic N) is 2. The molecule has 3 aromatic rings. The molecule has 27 heavy (non-hydrogen) atoms. The third-order valence-corrected chi connectivity index (χ3v) is 5.55. The van der Waals surface area contributed by atoms with E-state index >= 15 is 0 Å². The Bertz CT molecular complexity index is 1050. The molecule has 0 atom stereocenters. The van der Waals surface area contributed by atoms with Crippen LogP contribution in [0.1, 0.15) is 30.5 Å². The van der Waals surface area contributed by atoms with Crippen LogP contribution in [0.3, 0.4) is 0 Å². The number of ether oxygens (including phenoxy) is 1. The maximum Gasteiger partial charge on any atom is 0.262 e. The van der Waals surface area contributed by atoms with Crippen molar-refractivity contribution in [3.8, 4) is 16.9 Å². The van der Waals surface area contributed by atoms with Crippen molar-refractivity contribution >= 4 is 27.5 Å². The predicted molar refractivity (Wildman–Crippen MR) is 108 cm³/mol. The molecule has 7 heteroatoms.